The summed E-state index contributed by atoms with van der Waals surface area (Å²) in [6.07, 6.45) is 1.63. The van der Waals surface area contributed by atoms with Crippen LogP contribution in [-0.4, -0.2) is 5.90 Å². The van der Waals surface area contributed by atoms with E-state index in [0.29, 0.717) is 16.7 Å². The van der Waals surface area contributed by atoms with Gasteiger partial charge in [0.2, 0.25) is 5.90 Å². The summed E-state index contributed by atoms with van der Waals surface area (Å²) in [6, 6.07) is 26.3. The van der Waals surface area contributed by atoms with E-state index in [-0.39, 0.29) is 0 Å². The van der Waals surface area contributed by atoms with Crippen LogP contribution in [0.25, 0.3) is 0 Å². The lowest BCUT2D eigenvalue weighted by Gasteiger charge is -2.10. The molecule has 0 heterocycles. The van der Waals surface area contributed by atoms with E-state index < -0.39 is 0 Å². The maximum atomic E-state index is 5.97. The average Bonchev–Trinajstić information content (AvgIpc) is 2.69. The number of rotatable bonds is 5. The van der Waals surface area contributed by atoms with Gasteiger partial charge in [-0.3, -0.25) is 0 Å². The van der Waals surface area contributed by atoms with Gasteiger partial charge in [0, 0.05) is 10.6 Å². The fourth-order valence-electron chi connectivity index (χ4n) is 2.13. The average molecular weight is 364 g/mol. The summed E-state index contributed by atoms with van der Waals surface area (Å²) in [5.41, 5.74) is 1.55. The number of hydrogen-bond donors (Lipinski definition) is 0. The largest absolute Gasteiger partial charge is 0.465 e. The second-order valence-electron chi connectivity index (χ2n) is 5.54. The lowest BCUT2D eigenvalue weighted by Crippen LogP contribution is -2.10. The SMILES string of the molecule is CC(=C\Oc1ccccc1)/C(=N\c1ccccc1)Oc1ccc(Cl)cc1. The van der Waals surface area contributed by atoms with Gasteiger partial charge in [-0.25, -0.2) is 4.99 Å². The molecule has 26 heavy (non-hydrogen) atoms. The van der Waals surface area contributed by atoms with Crippen molar-refractivity contribution in [2.45, 2.75) is 6.92 Å². The summed E-state index contributed by atoms with van der Waals surface area (Å²) in [4.78, 5) is 4.60. The van der Waals surface area contributed by atoms with Gasteiger partial charge in [0.05, 0.1) is 11.9 Å². The van der Waals surface area contributed by atoms with Crippen molar-refractivity contribution < 1.29 is 9.47 Å². The first-order valence-corrected chi connectivity index (χ1v) is 8.54. The van der Waals surface area contributed by atoms with E-state index in [4.69, 9.17) is 21.1 Å². The molecule has 3 aromatic rings. The maximum absolute atomic E-state index is 5.97. The van der Waals surface area contributed by atoms with Gasteiger partial charge in [0.25, 0.3) is 0 Å². The Morgan fingerprint density at radius 1 is 0.808 bits per heavy atom. The van der Waals surface area contributed by atoms with Crippen molar-refractivity contribution in [2.75, 3.05) is 0 Å². The van der Waals surface area contributed by atoms with Crippen LogP contribution in [0.3, 0.4) is 0 Å². The molecule has 3 nitrogen and oxygen atoms in total. The smallest absolute Gasteiger partial charge is 0.225 e. The highest BCUT2D eigenvalue weighted by molar-refractivity contribution is 6.30. The van der Waals surface area contributed by atoms with E-state index in [9.17, 15) is 0 Å². The highest BCUT2D eigenvalue weighted by Gasteiger charge is 2.08. The van der Waals surface area contributed by atoms with Crippen molar-refractivity contribution in [3.63, 3.8) is 0 Å². The minimum atomic E-state index is 0.453. The van der Waals surface area contributed by atoms with E-state index in [1.165, 1.54) is 0 Å². The Hall–Kier alpha value is -3.04. The zero-order valence-corrected chi connectivity index (χ0v) is 15.1. The second-order valence-corrected chi connectivity index (χ2v) is 5.98. The van der Waals surface area contributed by atoms with Gasteiger partial charge in [-0.05, 0) is 55.5 Å². The van der Waals surface area contributed by atoms with E-state index in [1.54, 1.807) is 30.5 Å². The summed E-state index contributed by atoms with van der Waals surface area (Å²) in [5.74, 6) is 1.85. The molecule has 0 aliphatic rings. The normalized spacial score (nSPS) is 11.9. The third-order valence-electron chi connectivity index (χ3n) is 3.47. The molecular formula is C22H18ClNO2. The molecule has 4 heteroatoms. The number of benzene rings is 3. The molecule has 0 atom stereocenters. The predicted molar refractivity (Wildman–Crippen MR) is 106 cm³/mol. The molecule has 0 fully saturated rings. The number of nitrogens with zero attached hydrogens (tertiary/aromatic N) is 1. The first-order chi connectivity index (χ1) is 12.7. The number of ether oxygens (including phenoxy) is 2. The molecule has 3 aromatic carbocycles. The molecule has 3 rings (SSSR count). The van der Waals surface area contributed by atoms with Crippen molar-refractivity contribution in [1.29, 1.82) is 0 Å². The van der Waals surface area contributed by atoms with Crippen LogP contribution in [0.15, 0.2) is 102 Å². The highest BCUT2D eigenvalue weighted by Crippen LogP contribution is 2.20. The molecule has 0 saturated carbocycles. The molecule has 0 bridgehead atoms. The van der Waals surface area contributed by atoms with Crippen LogP contribution in [0.1, 0.15) is 6.92 Å². The second kappa shape index (κ2) is 8.88. The molecule has 0 aromatic heterocycles. The van der Waals surface area contributed by atoms with Crippen molar-refractivity contribution in [3.8, 4) is 11.5 Å². The van der Waals surface area contributed by atoms with E-state index >= 15 is 0 Å². The van der Waals surface area contributed by atoms with Gasteiger partial charge >= 0.3 is 0 Å². The maximum Gasteiger partial charge on any atom is 0.225 e. The van der Waals surface area contributed by atoms with E-state index in [0.717, 1.165) is 17.0 Å². The van der Waals surface area contributed by atoms with Crippen LogP contribution >= 0.6 is 11.6 Å². The fourth-order valence-corrected chi connectivity index (χ4v) is 2.26. The number of hydrogen-bond acceptors (Lipinski definition) is 3. The molecule has 0 amide bonds. The van der Waals surface area contributed by atoms with Crippen molar-refractivity contribution in [2.24, 2.45) is 4.99 Å². The number of para-hydroxylation sites is 2. The molecule has 0 aliphatic carbocycles. The van der Waals surface area contributed by atoms with Gasteiger partial charge in [0.15, 0.2) is 0 Å². The van der Waals surface area contributed by atoms with Crippen LogP contribution < -0.4 is 9.47 Å². The summed E-state index contributed by atoms with van der Waals surface area (Å²) in [7, 11) is 0. The molecule has 130 valence electrons. The predicted octanol–water partition coefficient (Wildman–Crippen LogP) is 6.43. The van der Waals surface area contributed by atoms with Gasteiger partial charge in [0.1, 0.15) is 11.5 Å². The molecule has 0 radical (unpaired) electrons. The zero-order valence-electron chi connectivity index (χ0n) is 14.3. The Kier molecular flexibility index (Phi) is 6.07. The van der Waals surface area contributed by atoms with Gasteiger partial charge in [-0.2, -0.15) is 0 Å². The summed E-state index contributed by atoms with van der Waals surface area (Å²) >= 11 is 5.94. The Morgan fingerprint density at radius 3 is 2.08 bits per heavy atom. The van der Waals surface area contributed by atoms with Crippen LogP contribution in [0, 0.1) is 0 Å². The van der Waals surface area contributed by atoms with Crippen molar-refractivity contribution >= 4 is 23.2 Å². The molecule has 0 aliphatic heterocycles. The standard InChI is InChI=1S/C22H18ClNO2/c1-17(16-25-20-10-6-3-7-11-20)22(24-19-8-4-2-5-9-19)26-21-14-12-18(23)13-15-21/h2-16H,1H3/b17-16+,24-22+. The van der Waals surface area contributed by atoms with Crippen LogP contribution in [0.2, 0.25) is 5.02 Å². The molecule has 0 spiro atoms. The fraction of sp³-hybridized carbons (Fsp3) is 0.0455. The lowest BCUT2D eigenvalue weighted by molar-refractivity contribution is 0.473. The Morgan fingerprint density at radius 2 is 1.42 bits per heavy atom. The summed E-state index contributed by atoms with van der Waals surface area (Å²) in [6.45, 7) is 1.89. The first-order valence-electron chi connectivity index (χ1n) is 8.17. The third-order valence-corrected chi connectivity index (χ3v) is 3.72. The highest BCUT2D eigenvalue weighted by atomic mass is 35.5. The Balaban J connectivity index is 1.86. The first kappa shape index (κ1) is 17.8. The number of halogens is 1. The lowest BCUT2D eigenvalue weighted by atomic mass is 10.3. The third kappa shape index (κ3) is 5.23. The number of aliphatic imine (C=N–C) groups is 1. The molecule has 0 unspecified atom stereocenters. The summed E-state index contributed by atoms with van der Waals surface area (Å²) in [5, 5.41) is 0.651. The van der Waals surface area contributed by atoms with Gasteiger partial charge in [-0.1, -0.05) is 48.0 Å². The van der Waals surface area contributed by atoms with Crippen LogP contribution in [0.5, 0.6) is 11.5 Å². The molecule has 0 N–H and O–H groups in total. The molecular weight excluding hydrogens is 346 g/mol. The molecule has 0 saturated heterocycles. The monoisotopic (exact) mass is 363 g/mol. The van der Waals surface area contributed by atoms with E-state index in [1.807, 2.05) is 67.6 Å². The minimum absolute atomic E-state index is 0.453. The Labute approximate surface area is 158 Å². The minimum Gasteiger partial charge on any atom is -0.465 e. The Bertz CT molecular complexity index is 888. The topological polar surface area (TPSA) is 30.8 Å². The quantitative estimate of drug-likeness (QED) is 0.297. The van der Waals surface area contributed by atoms with Crippen LogP contribution in [0.4, 0.5) is 5.69 Å². The van der Waals surface area contributed by atoms with Crippen molar-refractivity contribution in [3.05, 3.63) is 102 Å². The summed E-state index contributed by atoms with van der Waals surface area (Å²) < 4.78 is 11.7. The van der Waals surface area contributed by atoms with Crippen molar-refractivity contribution in [1.82, 2.24) is 0 Å². The van der Waals surface area contributed by atoms with E-state index in [2.05, 4.69) is 4.99 Å². The van der Waals surface area contributed by atoms with Crippen LogP contribution in [-0.2, 0) is 0 Å². The van der Waals surface area contributed by atoms with Gasteiger partial charge < -0.3 is 9.47 Å². The zero-order chi connectivity index (χ0) is 18.2. The van der Waals surface area contributed by atoms with Gasteiger partial charge in [-0.15, -0.1) is 0 Å².